The molecule has 2 aliphatic heterocycles. The van der Waals surface area contributed by atoms with Crippen molar-refractivity contribution in [1.82, 2.24) is 20.1 Å². The number of ether oxygens (including phenoxy) is 2. The molecule has 0 saturated carbocycles. The van der Waals surface area contributed by atoms with E-state index in [2.05, 4.69) is 10.6 Å². The van der Waals surface area contributed by atoms with Crippen LogP contribution in [0.3, 0.4) is 0 Å². The summed E-state index contributed by atoms with van der Waals surface area (Å²) in [6, 6.07) is 8.41. The third-order valence-electron chi connectivity index (χ3n) is 7.28. The Hall–Kier alpha value is -4.12. The summed E-state index contributed by atoms with van der Waals surface area (Å²) < 4.78 is 14.6. The summed E-state index contributed by atoms with van der Waals surface area (Å²) in [6.45, 7) is 4.06. The van der Waals surface area contributed by atoms with Crippen LogP contribution < -0.4 is 61.3 Å². The number of para-hydroxylation sites is 1. The number of amides is 3. The van der Waals surface area contributed by atoms with Gasteiger partial charge in [0.15, 0.2) is 11.3 Å². The van der Waals surface area contributed by atoms with Crippen LogP contribution in [0.5, 0.6) is 5.75 Å². The van der Waals surface area contributed by atoms with Crippen LogP contribution in [0, 0.1) is 0 Å². The normalized spacial score (nSPS) is 20.0. The molecule has 5 rings (SSSR count). The van der Waals surface area contributed by atoms with Gasteiger partial charge < -0.3 is 39.3 Å². The van der Waals surface area contributed by atoms with Gasteiger partial charge in [-0.25, -0.2) is 14.2 Å². The first-order valence-electron chi connectivity index (χ1n) is 13.7. The zero-order valence-electron chi connectivity index (χ0n) is 25.1. The second-order valence-electron chi connectivity index (χ2n) is 10.7. The van der Waals surface area contributed by atoms with Gasteiger partial charge in [-0.2, -0.15) is 0 Å². The van der Waals surface area contributed by atoms with E-state index in [1.807, 2.05) is 0 Å². The van der Waals surface area contributed by atoms with Gasteiger partial charge in [0.2, 0.25) is 17.7 Å². The summed E-state index contributed by atoms with van der Waals surface area (Å²) in [5.41, 5.74) is -0.917. The number of fused-ring (bicyclic) bond motifs is 2. The minimum atomic E-state index is -1.40. The van der Waals surface area contributed by atoms with E-state index in [9.17, 15) is 38.7 Å². The molecule has 0 radical (unpaired) electrons. The van der Waals surface area contributed by atoms with Crippen molar-refractivity contribution in [1.29, 1.82) is 0 Å². The number of aromatic nitrogens is 1. The summed E-state index contributed by atoms with van der Waals surface area (Å²) in [5, 5.41) is 16.0. The number of hydrogen-bond acceptors (Lipinski definition) is 12. The SMILES string of the molecule is CCOC(=O)Oc1cccc2c(=O)n(CC(=O)N[C@@H](C(=O)N[C@@H]3C(=O)N4[C@@H]3SC(C)(C)[C@@H]4C(=O)[O-])c3ccccc3)c(=O)oc12.[Na+]. The van der Waals surface area contributed by atoms with E-state index in [-0.39, 0.29) is 52.9 Å². The third-order valence-corrected chi connectivity index (χ3v) is 8.86. The Morgan fingerprint density at radius 2 is 1.76 bits per heavy atom. The van der Waals surface area contributed by atoms with Gasteiger partial charge >= 0.3 is 41.5 Å². The van der Waals surface area contributed by atoms with E-state index < -0.39 is 76.0 Å². The molecule has 0 spiro atoms. The van der Waals surface area contributed by atoms with Gasteiger partial charge in [-0.15, -0.1) is 11.8 Å². The molecule has 236 valence electrons. The maximum Gasteiger partial charge on any atom is 1.00 e. The van der Waals surface area contributed by atoms with Gasteiger partial charge in [0, 0.05) is 4.75 Å². The number of hydrogen-bond donors (Lipinski definition) is 2. The number of nitrogens with zero attached hydrogens (tertiary/aromatic N) is 2. The monoisotopic (exact) mass is 662 g/mol. The standard InChI is InChI=1S/C29H28N4O11S.Na/c1-4-42-28(41)43-16-12-8-11-15-20(16)44-27(40)32(23(15)36)13-17(34)30-18(14-9-6-5-7-10-14)22(35)31-19-24(37)33-21(26(38)39)29(2,3)45-25(19)33;/h5-12,18-19,21,25H,4,13H2,1-3H3,(H,30,34)(H,31,35)(H,38,39);/q;+1/p-1/t18-,19-,21+,25-;/m1./s1. The van der Waals surface area contributed by atoms with Crippen molar-refractivity contribution in [3.05, 3.63) is 75.0 Å². The molecular weight excluding hydrogens is 635 g/mol. The Labute approximate surface area is 286 Å². The van der Waals surface area contributed by atoms with Gasteiger partial charge in [-0.3, -0.25) is 19.2 Å². The molecule has 0 aliphatic carbocycles. The fourth-order valence-corrected chi connectivity index (χ4v) is 6.89. The van der Waals surface area contributed by atoms with Gasteiger partial charge in [-0.05, 0) is 38.5 Å². The molecule has 0 bridgehead atoms. The molecule has 2 saturated heterocycles. The van der Waals surface area contributed by atoms with Crippen molar-refractivity contribution in [3.8, 4) is 5.75 Å². The van der Waals surface area contributed by atoms with Gasteiger partial charge in [0.25, 0.3) is 5.56 Å². The first-order valence-corrected chi connectivity index (χ1v) is 14.6. The second-order valence-corrected chi connectivity index (χ2v) is 12.4. The quantitative estimate of drug-likeness (QED) is 0.0998. The van der Waals surface area contributed by atoms with Crippen molar-refractivity contribution in [3.63, 3.8) is 0 Å². The van der Waals surface area contributed by atoms with Crippen LogP contribution in [0.25, 0.3) is 11.0 Å². The first-order chi connectivity index (χ1) is 21.3. The molecule has 1 aromatic heterocycles. The molecular formula is C29H27N4NaO11S. The van der Waals surface area contributed by atoms with E-state index in [1.54, 1.807) is 51.1 Å². The Bertz CT molecular complexity index is 1830. The molecule has 3 heterocycles. The average molecular weight is 663 g/mol. The fraction of sp³-hybridized carbons (Fsp3) is 0.345. The number of rotatable bonds is 9. The summed E-state index contributed by atoms with van der Waals surface area (Å²) in [7, 11) is 0. The number of carboxylic acids is 1. The molecule has 46 heavy (non-hydrogen) atoms. The first kappa shape index (κ1) is 34.7. The number of thioether (sulfide) groups is 1. The van der Waals surface area contributed by atoms with Crippen LogP contribution in [-0.4, -0.2) is 68.1 Å². The van der Waals surface area contributed by atoms with Crippen LogP contribution in [0.15, 0.2) is 62.5 Å². The van der Waals surface area contributed by atoms with Crippen molar-refractivity contribution in [2.24, 2.45) is 0 Å². The molecule has 15 nitrogen and oxygen atoms in total. The largest absolute Gasteiger partial charge is 1.00 e. The average Bonchev–Trinajstić information content (AvgIpc) is 3.25. The summed E-state index contributed by atoms with van der Waals surface area (Å²) in [4.78, 5) is 90.2. The number of β-lactam (4-membered cyclic amide) rings is 1. The number of nitrogens with one attached hydrogen (secondary N) is 2. The second kappa shape index (κ2) is 13.7. The van der Waals surface area contributed by atoms with Gasteiger partial charge in [0.1, 0.15) is 24.0 Å². The topological polar surface area (TPSA) is 206 Å². The van der Waals surface area contributed by atoms with Crippen LogP contribution in [0.1, 0.15) is 32.4 Å². The number of carbonyl (C=O) groups is 5. The summed E-state index contributed by atoms with van der Waals surface area (Å²) >= 11 is 1.21. The summed E-state index contributed by atoms with van der Waals surface area (Å²) in [6.07, 6.45) is -1.08. The molecule has 2 aromatic carbocycles. The van der Waals surface area contributed by atoms with Crippen molar-refractivity contribution in [2.75, 3.05) is 6.61 Å². The smallest absolute Gasteiger partial charge is 0.548 e. The van der Waals surface area contributed by atoms with E-state index in [1.165, 1.54) is 30.0 Å². The number of benzene rings is 2. The fourth-order valence-electron chi connectivity index (χ4n) is 5.27. The van der Waals surface area contributed by atoms with Crippen LogP contribution in [0.4, 0.5) is 4.79 Å². The van der Waals surface area contributed by atoms with E-state index in [4.69, 9.17) is 13.9 Å². The Morgan fingerprint density at radius 3 is 2.41 bits per heavy atom. The number of aliphatic carboxylic acids is 1. The molecule has 4 atom stereocenters. The maximum atomic E-state index is 13.5. The molecule has 2 N–H and O–H groups in total. The summed E-state index contributed by atoms with van der Waals surface area (Å²) in [5.74, 6) is -5.17. The van der Waals surface area contributed by atoms with Crippen LogP contribution >= 0.6 is 11.8 Å². The molecule has 3 aromatic rings. The van der Waals surface area contributed by atoms with Gasteiger partial charge in [-0.1, -0.05) is 36.4 Å². The minimum Gasteiger partial charge on any atom is -0.548 e. The van der Waals surface area contributed by atoms with Crippen LogP contribution in [-0.2, 0) is 30.5 Å². The zero-order valence-corrected chi connectivity index (χ0v) is 28.0. The van der Waals surface area contributed by atoms with E-state index in [0.717, 1.165) is 4.90 Å². The van der Waals surface area contributed by atoms with Crippen LogP contribution in [0.2, 0.25) is 0 Å². The maximum absolute atomic E-state index is 13.5. The Balaban J connectivity index is 0.00000480. The molecule has 17 heteroatoms. The number of carbonyl (C=O) groups excluding carboxylic acids is 5. The van der Waals surface area contributed by atoms with Crippen molar-refractivity contribution < 1.29 is 72.5 Å². The molecule has 2 fully saturated rings. The minimum absolute atomic E-state index is 0. The zero-order chi connectivity index (χ0) is 32.6. The van der Waals surface area contributed by atoms with Crippen molar-refractivity contribution >= 4 is 52.6 Å². The van der Waals surface area contributed by atoms with E-state index in [0.29, 0.717) is 10.1 Å². The predicted molar refractivity (Wildman–Crippen MR) is 155 cm³/mol. The predicted octanol–water partition coefficient (Wildman–Crippen LogP) is -3.35. The van der Waals surface area contributed by atoms with Crippen molar-refractivity contribution in [2.45, 2.75) is 55.6 Å². The Kier molecular flexibility index (Phi) is 10.4. The third kappa shape index (κ3) is 6.56. The Morgan fingerprint density at radius 1 is 1.07 bits per heavy atom. The molecule has 3 amide bonds. The number of carboxylic acid groups (broad SMARTS) is 1. The van der Waals surface area contributed by atoms with Gasteiger partial charge in [0.05, 0.1) is 24.0 Å². The molecule has 2 aliphatic rings. The molecule has 0 unspecified atom stereocenters. The van der Waals surface area contributed by atoms with E-state index >= 15 is 0 Å².